The molecular formula is C20H24N4O3. The highest BCUT2D eigenvalue weighted by atomic mass is 16.6. The molecule has 0 radical (unpaired) electrons. The zero-order valence-electron chi connectivity index (χ0n) is 15.4. The van der Waals surface area contributed by atoms with E-state index in [1.807, 2.05) is 42.5 Å². The van der Waals surface area contributed by atoms with Crippen molar-refractivity contribution in [2.45, 2.75) is 13.3 Å². The molecule has 0 bridgehead atoms. The second-order valence-electron chi connectivity index (χ2n) is 6.29. The minimum atomic E-state index is -0.262. The summed E-state index contributed by atoms with van der Waals surface area (Å²) < 4.78 is 5.03. The zero-order chi connectivity index (χ0) is 19.1. The van der Waals surface area contributed by atoms with Crippen LogP contribution in [0.25, 0.3) is 0 Å². The van der Waals surface area contributed by atoms with Crippen LogP contribution in [0, 0.1) is 0 Å². The molecule has 1 aliphatic heterocycles. The summed E-state index contributed by atoms with van der Waals surface area (Å²) in [4.78, 5) is 32.1. The fraction of sp³-hybridized carbons (Fsp3) is 0.350. The van der Waals surface area contributed by atoms with Crippen molar-refractivity contribution in [2.24, 2.45) is 0 Å². The van der Waals surface area contributed by atoms with Gasteiger partial charge < -0.3 is 19.9 Å². The second kappa shape index (κ2) is 9.02. The normalized spacial score (nSPS) is 14.0. The van der Waals surface area contributed by atoms with Gasteiger partial charge in [-0.2, -0.15) is 0 Å². The molecule has 142 valence electrons. The number of rotatable bonds is 5. The quantitative estimate of drug-likeness (QED) is 0.878. The maximum atomic E-state index is 12.1. The number of carbonyl (C=O) groups excluding carboxylic acids is 2. The monoisotopic (exact) mass is 368 g/mol. The van der Waals surface area contributed by atoms with E-state index in [4.69, 9.17) is 4.74 Å². The van der Waals surface area contributed by atoms with Crippen molar-refractivity contribution in [3.63, 3.8) is 0 Å². The summed E-state index contributed by atoms with van der Waals surface area (Å²) >= 11 is 0. The Morgan fingerprint density at radius 3 is 2.44 bits per heavy atom. The molecule has 2 aromatic rings. The molecular weight excluding hydrogens is 344 g/mol. The van der Waals surface area contributed by atoms with Crippen LogP contribution in [0.4, 0.5) is 16.3 Å². The first-order chi connectivity index (χ1) is 13.2. The minimum absolute atomic E-state index is 0.0706. The number of nitrogens with zero attached hydrogens (tertiary/aromatic N) is 3. The van der Waals surface area contributed by atoms with Gasteiger partial charge in [-0.3, -0.25) is 4.79 Å². The molecule has 0 atom stereocenters. The van der Waals surface area contributed by atoms with E-state index in [1.165, 1.54) is 0 Å². The van der Waals surface area contributed by atoms with Gasteiger partial charge in [0.25, 0.3) is 0 Å². The predicted octanol–water partition coefficient (Wildman–Crippen LogP) is 2.54. The van der Waals surface area contributed by atoms with Gasteiger partial charge in [0.2, 0.25) is 5.91 Å². The fourth-order valence-corrected chi connectivity index (χ4v) is 2.97. The third kappa shape index (κ3) is 5.20. The lowest BCUT2D eigenvalue weighted by Gasteiger charge is -2.34. The van der Waals surface area contributed by atoms with Gasteiger partial charge >= 0.3 is 6.09 Å². The minimum Gasteiger partial charge on any atom is -0.450 e. The molecule has 0 saturated carbocycles. The summed E-state index contributed by atoms with van der Waals surface area (Å²) in [6, 6.07) is 13.4. The number of hydrogen-bond donors (Lipinski definition) is 1. The van der Waals surface area contributed by atoms with Crippen LogP contribution in [-0.4, -0.2) is 54.7 Å². The first-order valence-electron chi connectivity index (χ1n) is 9.12. The Labute approximate surface area is 158 Å². The molecule has 1 N–H and O–H groups in total. The van der Waals surface area contributed by atoms with Crippen molar-refractivity contribution in [1.82, 2.24) is 9.88 Å². The van der Waals surface area contributed by atoms with Gasteiger partial charge in [-0.1, -0.05) is 30.3 Å². The van der Waals surface area contributed by atoms with Crippen molar-refractivity contribution in [3.8, 4) is 0 Å². The topological polar surface area (TPSA) is 74.8 Å². The van der Waals surface area contributed by atoms with Crippen LogP contribution in [0.15, 0.2) is 48.7 Å². The molecule has 0 spiro atoms. The number of amides is 2. The first-order valence-corrected chi connectivity index (χ1v) is 9.12. The maximum absolute atomic E-state index is 12.1. The summed E-state index contributed by atoms with van der Waals surface area (Å²) in [6.45, 7) is 4.81. The number of aromatic nitrogens is 1. The van der Waals surface area contributed by atoms with Crippen LogP contribution < -0.4 is 10.2 Å². The van der Waals surface area contributed by atoms with E-state index < -0.39 is 0 Å². The molecule has 0 aliphatic carbocycles. The van der Waals surface area contributed by atoms with Crippen LogP contribution >= 0.6 is 0 Å². The molecule has 1 saturated heterocycles. The lowest BCUT2D eigenvalue weighted by Crippen LogP contribution is -2.49. The Morgan fingerprint density at radius 1 is 1.07 bits per heavy atom. The molecule has 1 aromatic carbocycles. The highest BCUT2D eigenvalue weighted by Crippen LogP contribution is 2.17. The average Bonchev–Trinajstić information content (AvgIpc) is 2.69. The number of piperazine rings is 1. The van der Waals surface area contributed by atoms with Crippen LogP contribution in [0.5, 0.6) is 0 Å². The Balaban J connectivity index is 1.50. The molecule has 1 fully saturated rings. The largest absolute Gasteiger partial charge is 0.450 e. The SMILES string of the molecule is CCOC(=O)N1CCN(c2ccc(NC(=O)Cc3ccccc3)cn2)CC1. The number of pyridine rings is 1. The van der Waals surface area contributed by atoms with E-state index in [0.29, 0.717) is 44.9 Å². The van der Waals surface area contributed by atoms with Crippen molar-refractivity contribution in [1.29, 1.82) is 0 Å². The summed E-state index contributed by atoms with van der Waals surface area (Å²) in [7, 11) is 0. The van der Waals surface area contributed by atoms with Crippen LogP contribution in [0.3, 0.4) is 0 Å². The highest BCUT2D eigenvalue weighted by molar-refractivity contribution is 5.92. The summed E-state index contributed by atoms with van der Waals surface area (Å²) in [5.41, 5.74) is 1.64. The number of hydrogen-bond acceptors (Lipinski definition) is 5. The molecule has 2 heterocycles. The third-order valence-corrected chi connectivity index (χ3v) is 4.37. The Morgan fingerprint density at radius 2 is 1.81 bits per heavy atom. The number of nitrogens with one attached hydrogen (secondary N) is 1. The Bertz CT molecular complexity index is 757. The predicted molar refractivity (Wildman–Crippen MR) is 104 cm³/mol. The third-order valence-electron chi connectivity index (χ3n) is 4.37. The van der Waals surface area contributed by atoms with Crippen molar-refractivity contribution in [2.75, 3.05) is 43.0 Å². The smallest absolute Gasteiger partial charge is 0.409 e. The zero-order valence-corrected chi connectivity index (χ0v) is 15.4. The molecule has 3 rings (SSSR count). The highest BCUT2D eigenvalue weighted by Gasteiger charge is 2.22. The molecule has 1 aliphatic rings. The van der Waals surface area contributed by atoms with Gasteiger partial charge in [0.05, 0.1) is 24.9 Å². The van der Waals surface area contributed by atoms with Gasteiger partial charge in [0, 0.05) is 26.2 Å². The van der Waals surface area contributed by atoms with Gasteiger partial charge in [0.1, 0.15) is 5.82 Å². The molecule has 7 nitrogen and oxygen atoms in total. The van der Waals surface area contributed by atoms with Gasteiger partial charge in [-0.15, -0.1) is 0 Å². The van der Waals surface area contributed by atoms with E-state index in [-0.39, 0.29) is 12.0 Å². The van der Waals surface area contributed by atoms with E-state index in [2.05, 4.69) is 15.2 Å². The van der Waals surface area contributed by atoms with Crippen molar-refractivity contribution < 1.29 is 14.3 Å². The van der Waals surface area contributed by atoms with E-state index in [9.17, 15) is 9.59 Å². The van der Waals surface area contributed by atoms with Crippen molar-refractivity contribution in [3.05, 3.63) is 54.2 Å². The van der Waals surface area contributed by atoms with Crippen molar-refractivity contribution >= 4 is 23.5 Å². The van der Waals surface area contributed by atoms with Crippen LogP contribution in [0.1, 0.15) is 12.5 Å². The molecule has 27 heavy (non-hydrogen) atoms. The molecule has 1 aromatic heterocycles. The van der Waals surface area contributed by atoms with Crippen LogP contribution in [-0.2, 0) is 16.0 Å². The second-order valence-corrected chi connectivity index (χ2v) is 6.29. The number of anilines is 2. The van der Waals surface area contributed by atoms with E-state index in [1.54, 1.807) is 18.0 Å². The Kier molecular flexibility index (Phi) is 6.25. The molecule has 0 unspecified atom stereocenters. The van der Waals surface area contributed by atoms with Gasteiger partial charge in [0.15, 0.2) is 0 Å². The average molecular weight is 368 g/mol. The summed E-state index contributed by atoms with van der Waals surface area (Å²) in [5.74, 6) is 0.762. The standard InChI is InChI=1S/C20H24N4O3/c1-2-27-20(26)24-12-10-23(11-13-24)18-9-8-17(15-21-18)22-19(25)14-16-6-4-3-5-7-16/h3-9,15H,2,10-14H2,1H3,(H,22,25). The molecule has 7 heteroatoms. The number of carbonyl (C=O) groups is 2. The summed E-state index contributed by atoms with van der Waals surface area (Å²) in [5, 5.41) is 2.87. The lowest BCUT2D eigenvalue weighted by atomic mass is 10.1. The molecule has 2 amide bonds. The van der Waals surface area contributed by atoms with Gasteiger partial charge in [-0.05, 0) is 24.6 Å². The van der Waals surface area contributed by atoms with Crippen LogP contribution in [0.2, 0.25) is 0 Å². The maximum Gasteiger partial charge on any atom is 0.409 e. The number of ether oxygens (including phenoxy) is 1. The van der Waals surface area contributed by atoms with Gasteiger partial charge in [-0.25, -0.2) is 9.78 Å². The fourth-order valence-electron chi connectivity index (χ4n) is 2.97. The number of benzene rings is 1. The summed E-state index contributed by atoms with van der Waals surface area (Å²) in [6.07, 6.45) is 1.73. The first kappa shape index (κ1) is 18.7. The van der Waals surface area contributed by atoms with E-state index >= 15 is 0 Å². The Hall–Kier alpha value is -3.09. The van der Waals surface area contributed by atoms with E-state index in [0.717, 1.165) is 11.4 Å². The lowest BCUT2D eigenvalue weighted by molar-refractivity contribution is -0.115.